The van der Waals surface area contributed by atoms with Crippen molar-refractivity contribution in [3.05, 3.63) is 0 Å². The van der Waals surface area contributed by atoms with E-state index in [-0.39, 0.29) is 12.3 Å². The van der Waals surface area contributed by atoms with E-state index in [1.807, 2.05) is 6.92 Å². The Morgan fingerprint density at radius 1 is 1.67 bits per heavy atom. The minimum absolute atomic E-state index is 0.126. The van der Waals surface area contributed by atoms with Gasteiger partial charge < -0.3 is 5.32 Å². The molecule has 12 heavy (non-hydrogen) atoms. The first-order valence-corrected chi connectivity index (χ1v) is 5.18. The molecule has 0 fully saturated rings. The molecular weight excluding hydrogens is 176 g/mol. The van der Waals surface area contributed by atoms with Crippen molar-refractivity contribution in [3.63, 3.8) is 0 Å². The summed E-state index contributed by atoms with van der Waals surface area (Å²) in [6.45, 7) is 2.22. The summed E-state index contributed by atoms with van der Waals surface area (Å²) in [6.07, 6.45) is -0.126. The van der Waals surface area contributed by atoms with Crippen molar-refractivity contribution in [2.75, 3.05) is 18.1 Å². The predicted molar refractivity (Wildman–Crippen MR) is 46.8 cm³/mol. The van der Waals surface area contributed by atoms with Crippen molar-refractivity contribution in [2.24, 2.45) is 0 Å². The van der Waals surface area contributed by atoms with Crippen LogP contribution in [0.15, 0.2) is 0 Å². The van der Waals surface area contributed by atoms with E-state index in [4.69, 9.17) is 5.26 Å². The fraction of sp³-hybridized carbons (Fsp3) is 0.714. The molecule has 0 aliphatic heterocycles. The van der Waals surface area contributed by atoms with E-state index in [1.165, 1.54) is 0 Å². The number of nitrogens with zero attached hydrogens (tertiary/aromatic N) is 1. The molecule has 68 valence electrons. The molecule has 0 spiro atoms. The lowest BCUT2D eigenvalue weighted by molar-refractivity contribution is -0.119. The maximum absolute atomic E-state index is 10.8. The van der Waals surface area contributed by atoms with Gasteiger partial charge in [0.05, 0.1) is 6.07 Å². The maximum atomic E-state index is 10.8. The van der Waals surface area contributed by atoms with Crippen molar-refractivity contribution in [1.82, 2.24) is 5.32 Å². The second-order valence-electron chi connectivity index (χ2n) is 2.12. The van der Waals surface area contributed by atoms with Gasteiger partial charge in [0.25, 0.3) is 0 Å². The Bertz CT molecular complexity index is 210. The van der Waals surface area contributed by atoms with Gasteiger partial charge in [0.1, 0.15) is 6.42 Å². The van der Waals surface area contributed by atoms with E-state index in [0.29, 0.717) is 18.1 Å². The molecule has 0 aromatic carbocycles. The summed E-state index contributed by atoms with van der Waals surface area (Å²) in [5.74, 6) is 0.771. The van der Waals surface area contributed by atoms with Gasteiger partial charge in [0.2, 0.25) is 5.91 Å². The average molecular weight is 188 g/mol. The minimum Gasteiger partial charge on any atom is -0.354 e. The summed E-state index contributed by atoms with van der Waals surface area (Å²) in [4.78, 5) is 10.7. The Morgan fingerprint density at radius 3 is 2.83 bits per heavy atom. The third-order valence-corrected chi connectivity index (χ3v) is 2.52. The lowest BCUT2D eigenvalue weighted by Gasteiger charge is -2.00. The Balaban J connectivity index is 3.38. The Hall–Kier alpha value is -0.890. The van der Waals surface area contributed by atoms with Crippen LogP contribution in [0.4, 0.5) is 0 Å². The van der Waals surface area contributed by atoms with Crippen molar-refractivity contribution in [2.45, 2.75) is 13.3 Å². The number of hydrogen-bond donors (Lipinski definition) is 1. The molecule has 0 rings (SSSR count). The van der Waals surface area contributed by atoms with E-state index in [9.17, 15) is 9.00 Å². The Morgan fingerprint density at radius 2 is 2.33 bits per heavy atom. The second-order valence-corrected chi connectivity index (χ2v) is 3.98. The van der Waals surface area contributed by atoms with Crippen molar-refractivity contribution >= 4 is 16.7 Å². The van der Waals surface area contributed by atoms with Gasteiger partial charge in [0.15, 0.2) is 0 Å². The molecule has 1 amide bonds. The molecular formula is C7H12N2O2S. The van der Waals surface area contributed by atoms with E-state index < -0.39 is 10.8 Å². The van der Waals surface area contributed by atoms with Crippen LogP contribution in [0.2, 0.25) is 0 Å². The first-order valence-electron chi connectivity index (χ1n) is 3.69. The summed E-state index contributed by atoms with van der Waals surface area (Å²) in [6, 6.07) is 1.73. The van der Waals surface area contributed by atoms with Gasteiger partial charge in [-0.1, -0.05) is 6.92 Å². The van der Waals surface area contributed by atoms with E-state index in [1.54, 1.807) is 6.07 Å². The van der Waals surface area contributed by atoms with Crippen LogP contribution in [0.3, 0.4) is 0 Å². The van der Waals surface area contributed by atoms with E-state index >= 15 is 0 Å². The SMILES string of the molecule is CCS(=O)CCNC(=O)CC#N. The average Bonchev–Trinajstić information content (AvgIpc) is 2.04. The molecule has 0 aliphatic rings. The maximum Gasteiger partial charge on any atom is 0.234 e. The molecule has 1 atom stereocenters. The number of carbonyl (C=O) groups is 1. The van der Waals surface area contributed by atoms with Crippen LogP contribution in [-0.2, 0) is 15.6 Å². The highest BCUT2D eigenvalue weighted by atomic mass is 32.2. The molecule has 0 aromatic heterocycles. The van der Waals surface area contributed by atoms with Gasteiger partial charge in [-0.2, -0.15) is 5.26 Å². The standard InChI is InChI=1S/C7H12N2O2S/c1-2-12(11)6-5-9-7(10)3-4-8/h2-3,5-6H2,1H3,(H,9,10). The summed E-state index contributed by atoms with van der Waals surface area (Å²) in [5, 5.41) is 10.6. The molecule has 0 saturated heterocycles. The summed E-state index contributed by atoms with van der Waals surface area (Å²) in [5.41, 5.74) is 0. The zero-order chi connectivity index (χ0) is 9.40. The van der Waals surface area contributed by atoms with Crippen LogP contribution in [0.25, 0.3) is 0 Å². The fourth-order valence-corrected chi connectivity index (χ4v) is 1.20. The zero-order valence-electron chi connectivity index (χ0n) is 7.00. The van der Waals surface area contributed by atoms with Crippen molar-refractivity contribution < 1.29 is 9.00 Å². The van der Waals surface area contributed by atoms with Gasteiger partial charge in [-0.05, 0) is 0 Å². The number of carbonyl (C=O) groups excluding carboxylic acids is 1. The Labute approximate surface area is 74.4 Å². The molecule has 1 unspecified atom stereocenters. The molecule has 0 heterocycles. The number of nitriles is 1. The minimum atomic E-state index is -0.845. The third-order valence-electron chi connectivity index (χ3n) is 1.21. The highest BCUT2D eigenvalue weighted by Gasteiger charge is 1.99. The number of nitrogens with one attached hydrogen (secondary N) is 1. The highest BCUT2D eigenvalue weighted by Crippen LogP contribution is 1.80. The van der Waals surface area contributed by atoms with Crippen LogP contribution in [0.5, 0.6) is 0 Å². The normalized spacial score (nSPS) is 11.7. The quantitative estimate of drug-likeness (QED) is 0.648. The summed E-state index contributed by atoms with van der Waals surface area (Å²) in [7, 11) is -0.845. The smallest absolute Gasteiger partial charge is 0.234 e. The molecule has 0 aliphatic carbocycles. The topological polar surface area (TPSA) is 70.0 Å². The van der Waals surface area contributed by atoms with Crippen LogP contribution < -0.4 is 5.32 Å². The molecule has 1 N–H and O–H groups in total. The third kappa shape index (κ3) is 5.86. The summed E-state index contributed by atoms with van der Waals surface area (Å²) >= 11 is 0. The lowest BCUT2D eigenvalue weighted by atomic mass is 10.4. The van der Waals surface area contributed by atoms with Gasteiger partial charge in [-0.25, -0.2) is 0 Å². The highest BCUT2D eigenvalue weighted by molar-refractivity contribution is 7.84. The lowest BCUT2D eigenvalue weighted by Crippen LogP contribution is -2.27. The second kappa shape index (κ2) is 6.80. The van der Waals surface area contributed by atoms with Crippen molar-refractivity contribution in [3.8, 4) is 6.07 Å². The van der Waals surface area contributed by atoms with Crippen LogP contribution in [0, 0.1) is 11.3 Å². The van der Waals surface area contributed by atoms with E-state index in [2.05, 4.69) is 5.32 Å². The predicted octanol–water partition coefficient (Wildman–Crippen LogP) is -0.215. The Kier molecular flexibility index (Phi) is 6.29. The summed E-state index contributed by atoms with van der Waals surface area (Å²) < 4.78 is 10.8. The number of rotatable bonds is 5. The first kappa shape index (κ1) is 11.1. The van der Waals surface area contributed by atoms with Gasteiger partial charge in [-0.15, -0.1) is 0 Å². The van der Waals surface area contributed by atoms with Crippen LogP contribution in [-0.4, -0.2) is 28.2 Å². The molecule has 0 bridgehead atoms. The van der Waals surface area contributed by atoms with Gasteiger partial charge in [0, 0.05) is 28.9 Å². The monoisotopic (exact) mass is 188 g/mol. The molecule has 0 aromatic rings. The van der Waals surface area contributed by atoms with E-state index in [0.717, 1.165) is 0 Å². The first-order chi connectivity index (χ1) is 5.70. The number of hydrogen-bond acceptors (Lipinski definition) is 3. The van der Waals surface area contributed by atoms with Gasteiger partial charge >= 0.3 is 0 Å². The largest absolute Gasteiger partial charge is 0.354 e. The molecule has 5 heteroatoms. The zero-order valence-corrected chi connectivity index (χ0v) is 7.82. The fourth-order valence-electron chi connectivity index (χ4n) is 0.583. The van der Waals surface area contributed by atoms with Crippen molar-refractivity contribution in [1.29, 1.82) is 5.26 Å². The molecule has 0 saturated carbocycles. The molecule has 4 nitrogen and oxygen atoms in total. The van der Waals surface area contributed by atoms with Crippen LogP contribution in [0.1, 0.15) is 13.3 Å². The number of amides is 1. The van der Waals surface area contributed by atoms with Gasteiger partial charge in [-0.3, -0.25) is 9.00 Å². The van der Waals surface area contributed by atoms with Crippen LogP contribution >= 0.6 is 0 Å². The molecule has 0 radical (unpaired) electrons.